The van der Waals surface area contributed by atoms with Crippen molar-refractivity contribution in [1.29, 1.82) is 0 Å². The second kappa shape index (κ2) is 9.54. The highest BCUT2D eigenvalue weighted by molar-refractivity contribution is 5.87. The van der Waals surface area contributed by atoms with Crippen molar-refractivity contribution >= 4 is 17.6 Å². The Hall–Kier alpha value is -3.61. The van der Waals surface area contributed by atoms with Gasteiger partial charge in [-0.1, -0.05) is 42.5 Å². The molecule has 1 heterocycles. The molecule has 7 heteroatoms. The molecule has 0 fully saturated rings. The molecule has 0 bridgehead atoms. The smallest absolute Gasteiger partial charge is 0.316 e. The van der Waals surface area contributed by atoms with E-state index in [1.165, 1.54) is 0 Å². The number of rotatable bonds is 8. The monoisotopic (exact) mass is 392 g/mol. The van der Waals surface area contributed by atoms with E-state index in [1.807, 2.05) is 49.4 Å². The number of primary amides is 1. The lowest BCUT2D eigenvalue weighted by molar-refractivity contribution is -0.121. The minimum absolute atomic E-state index is 0.0355. The Morgan fingerprint density at radius 3 is 2.52 bits per heavy atom. The molecule has 0 saturated heterocycles. The van der Waals surface area contributed by atoms with Crippen molar-refractivity contribution in [3.8, 4) is 11.3 Å². The number of carbonyl (C=O) groups is 2. The van der Waals surface area contributed by atoms with Gasteiger partial charge in [-0.05, 0) is 31.0 Å². The average molecular weight is 392 g/mol. The van der Waals surface area contributed by atoms with Gasteiger partial charge in [-0.15, -0.1) is 0 Å². The van der Waals surface area contributed by atoms with Crippen molar-refractivity contribution < 1.29 is 14.0 Å². The minimum Gasteiger partial charge on any atom is -0.441 e. The normalized spacial score (nSPS) is 11.6. The van der Waals surface area contributed by atoms with Crippen LogP contribution in [0.5, 0.6) is 0 Å². The number of carbonyl (C=O) groups excluding carboxylic acids is 2. The third-order valence-electron chi connectivity index (χ3n) is 4.46. The summed E-state index contributed by atoms with van der Waals surface area (Å²) in [7, 11) is 0. The molecular weight excluding hydrogens is 368 g/mol. The first-order chi connectivity index (χ1) is 14.0. The molecule has 2 aromatic carbocycles. The van der Waals surface area contributed by atoms with Gasteiger partial charge < -0.3 is 20.8 Å². The van der Waals surface area contributed by atoms with Crippen LogP contribution in [0.25, 0.3) is 11.3 Å². The molecule has 1 aromatic heterocycles. The average Bonchev–Trinajstić information content (AvgIpc) is 3.17. The Kier molecular flexibility index (Phi) is 6.63. The van der Waals surface area contributed by atoms with E-state index in [-0.39, 0.29) is 11.9 Å². The summed E-state index contributed by atoms with van der Waals surface area (Å²) in [5, 5.41) is 5.48. The molecule has 29 heavy (non-hydrogen) atoms. The van der Waals surface area contributed by atoms with Crippen molar-refractivity contribution in [3.05, 3.63) is 72.2 Å². The molecule has 3 aromatic rings. The summed E-state index contributed by atoms with van der Waals surface area (Å²) in [6.07, 6.45) is 3.34. The summed E-state index contributed by atoms with van der Waals surface area (Å²) in [5.74, 6) is 1.32. The Morgan fingerprint density at radius 1 is 1.10 bits per heavy atom. The fraction of sp³-hybridized carbons (Fsp3) is 0.227. The maximum absolute atomic E-state index is 12.2. The number of aromatic nitrogens is 1. The lowest BCUT2D eigenvalue weighted by Crippen LogP contribution is -2.26. The second-order valence-electron chi connectivity index (χ2n) is 6.74. The molecule has 0 saturated carbocycles. The number of nitrogens with zero attached hydrogens (tertiary/aromatic N) is 1. The maximum Gasteiger partial charge on any atom is 0.316 e. The predicted molar refractivity (Wildman–Crippen MR) is 111 cm³/mol. The second-order valence-corrected chi connectivity index (χ2v) is 6.74. The maximum atomic E-state index is 12.2. The number of benzene rings is 2. The molecule has 0 radical (unpaired) electrons. The molecular formula is C22H24N4O3. The number of urea groups is 1. The van der Waals surface area contributed by atoms with Crippen molar-refractivity contribution in [3.63, 3.8) is 0 Å². The van der Waals surface area contributed by atoms with Gasteiger partial charge >= 0.3 is 6.03 Å². The van der Waals surface area contributed by atoms with Crippen LogP contribution in [0.15, 0.2) is 65.2 Å². The van der Waals surface area contributed by atoms with E-state index in [2.05, 4.69) is 15.6 Å². The van der Waals surface area contributed by atoms with Gasteiger partial charge in [-0.25, -0.2) is 9.78 Å². The first-order valence-corrected chi connectivity index (χ1v) is 9.47. The van der Waals surface area contributed by atoms with Crippen LogP contribution in [0.4, 0.5) is 10.5 Å². The summed E-state index contributed by atoms with van der Waals surface area (Å²) in [6.45, 7) is 1.91. The zero-order chi connectivity index (χ0) is 20.6. The first-order valence-electron chi connectivity index (χ1n) is 9.47. The van der Waals surface area contributed by atoms with Gasteiger partial charge in [0.1, 0.15) is 0 Å². The van der Waals surface area contributed by atoms with Gasteiger partial charge in [0.2, 0.25) is 5.91 Å². The molecule has 1 unspecified atom stereocenters. The SMILES string of the molecule is CC(NC(=O)CCCc1ncc(-c2ccccc2)o1)c1ccc(NC(N)=O)cc1. The van der Waals surface area contributed by atoms with Crippen LogP contribution in [0, 0.1) is 0 Å². The number of hydrogen-bond acceptors (Lipinski definition) is 4. The summed E-state index contributed by atoms with van der Waals surface area (Å²) in [4.78, 5) is 27.4. The molecule has 0 aliphatic rings. The number of nitrogens with two attached hydrogens (primary N) is 1. The molecule has 0 spiro atoms. The number of nitrogens with one attached hydrogen (secondary N) is 2. The Balaban J connectivity index is 1.44. The van der Waals surface area contributed by atoms with Crippen molar-refractivity contribution in [2.45, 2.75) is 32.2 Å². The largest absolute Gasteiger partial charge is 0.441 e. The van der Waals surface area contributed by atoms with Gasteiger partial charge in [0.05, 0.1) is 12.2 Å². The third-order valence-corrected chi connectivity index (χ3v) is 4.46. The zero-order valence-electron chi connectivity index (χ0n) is 16.2. The Bertz CT molecular complexity index is 952. The van der Waals surface area contributed by atoms with Crippen LogP contribution in [0.3, 0.4) is 0 Å². The first kappa shape index (κ1) is 20.1. The third kappa shape index (κ3) is 5.93. The summed E-state index contributed by atoms with van der Waals surface area (Å²) >= 11 is 0. The van der Waals surface area contributed by atoms with Gasteiger partial charge in [0, 0.05) is 24.1 Å². The van der Waals surface area contributed by atoms with E-state index in [1.54, 1.807) is 18.3 Å². The van der Waals surface area contributed by atoms with Gasteiger partial charge in [0.15, 0.2) is 11.7 Å². The molecule has 1 atom stereocenters. The van der Waals surface area contributed by atoms with E-state index < -0.39 is 6.03 Å². The van der Waals surface area contributed by atoms with Crippen molar-refractivity contribution in [2.75, 3.05) is 5.32 Å². The summed E-state index contributed by atoms with van der Waals surface area (Å²) < 4.78 is 5.76. The fourth-order valence-electron chi connectivity index (χ4n) is 2.96. The van der Waals surface area contributed by atoms with E-state index in [0.717, 1.165) is 16.9 Å². The number of hydrogen-bond donors (Lipinski definition) is 3. The van der Waals surface area contributed by atoms with Gasteiger partial charge in [0.25, 0.3) is 0 Å². The zero-order valence-corrected chi connectivity index (χ0v) is 16.2. The van der Waals surface area contributed by atoms with E-state index >= 15 is 0 Å². The van der Waals surface area contributed by atoms with Gasteiger partial charge in [-0.2, -0.15) is 0 Å². The van der Waals surface area contributed by atoms with E-state index in [4.69, 9.17) is 10.2 Å². The fourth-order valence-corrected chi connectivity index (χ4v) is 2.96. The minimum atomic E-state index is -0.610. The molecule has 0 aliphatic heterocycles. The van der Waals surface area contributed by atoms with Crippen LogP contribution in [0.2, 0.25) is 0 Å². The number of anilines is 1. The Labute approximate surface area is 169 Å². The molecule has 150 valence electrons. The highest BCUT2D eigenvalue weighted by atomic mass is 16.4. The van der Waals surface area contributed by atoms with E-state index in [9.17, 15) is 9.59 Å². The highest BCUT2D eigenvalue weighted by Crippen LogP contribution is 2.21. The van der Waals surface area contributed by atoms with Crippen LogP contribution in [-0.2, 0) is 11.2 Å². The molecule has 3 rings (SSSR count). The quantitative estimate of drug-likeness (QED) is 0.537. The number of aryl methyl sites for hydroxylation is 1. The highest BCUT2D eigenvalue weighted by Gasteiger charge is 2.11. The lowest BCUT2D eigenvalue weighted by atomic mass is 10.1. The van der Waals surface area contributed by atoms with Crippen LogP contribution >= 0.6 is 0 Å². The molecule has 0 aliphatic carbocycles. The van der Waals surface area contributed by atoms with E-state index in [0.29, 0.717) is 30.8 Å². The summed E-state index contributed by atoms with van der Waals surface area (Å²) in [6, 6.07) is 16.2. The van der Waals surface area contributed by atoms with Gasteiger partial charge in [-0.3, -0.25) is 4.79 Å². The van der Waals surface area contributed by atoms with Crippen molar-refractivity contribution in [1.82, 2.24) is 10.3 Å². The topological polar surface area (TPSA) is 110 Å². The van der Waals surface area contributed by atoms with Crippen molar-refractivity contribution in [2.24, 2.45) is 5.73 Å². The molecule has 4 N–H and O–H groups in total. The van der Waals surface area contributed by atoms with Crippen LogP contribution < -0.4 is 16.4 Å². The predicted octanol–water partition coefficient (Wildman–Crippen LogP) is 4.03. The molecule has 7 nitrogen and oxygen atoms in total. The lowest BCUT2D eigenvalue weighted by Gasteiger charge is -2.15. The molecule has 3 amide bonds. The standard InChI is InChI=1S/C22H24N4O3/c1-15(16-10-12-18(13-11-16)26-22(23)28)25-20(27)8-5-9-21-24-14-19(29-21)17-6-3-2-4-7-17/h2-4,6-7,10-15H,5,8-9H2,1H3,(H,25,27)(H3,23,26,28). The van der Waals surface area contributed by atoms with Crippen LogP contribution in [0.1, 0.15) is 37.3 Å². The Morgan fingerprint density at radius 2 is 1.83 bits per heavy atom. The number of amides is 3. The summed E-state index contributed by atoms with van der Waals surface area (Å²) in [5.41, 5.74) is 7.62. The van der Waals surface area contributed by atoms with Crippen LogP contribution in [-0.4, -0.2) is 16.9 Å². The number of oxazole rings is 1.